The van der Waals surface area contributed by atoms with Gasteiger partial charge in [-0.3, -0.25) is 9.10 Å². The molecule has 0 aromatic heterocycles. The van der Waals surface area contributed by atoms with Crippen molar-refractivity contribution >= 4 is 33.2 Å². The molecule has 1 amide bonds. The third kappa shape index (κ3) is 3.80. The van der Waals surface area contributed by atoms with E-state index in [1.807, 2.05) is 49.4 Å². The Kier molecular flexibility index (Phi) is 5.54. The smallest absolute Gasteiger partial charge is 0.264 e. The molecule has 30 heavy (non-hydrogen) atoms. The number of nitrogens with zero attached hydrogens (tertiary/aromatic N) is 1. The molecule has 1 atom stereocenters. The van der Waals surface area contributed by atoms with Crippen LogP contribution in [0.15, 0.2) is 77.7 Å². The molecular weight excluding hydrogens is 420 g/mol. The van der Waals surface area contributed by atoms with Crippen molar-refractivity contribution in [3.8, 4) is 0 Å². The summed E-state index contributed by atoms with van der Waals surface area (Å²) in [5.41, 5.74) is 2.77. The number of fused-ring (bicyclic) bond motifs is 1. The van der Waals surface area contributed by atoms with E-state index in [2.05, 4.69) is 5.32 Å². The summed E-state index contributed by atoms with van der Waals surface area (Å²) in [4.78, 5) is 12.7. The maximum atomic E-state index is 13.4. The molecule has 5 nitrogen and oxygen atoms in total. The van der Waals surface area contributed by atoms with Gasteiger partial charge < -0.3 is 5.32 Å². The lowest BCUT2D eigenvalue weighted by Gasteiger charge is -2.24. The second-order valence-electron chi connectivity index (χ2n) is 7.28. The van der Waals surface area contributed by atoms with Gasteiger partial charge in [0.15, 0.2) is 0 Å². The van der Waals surface area contributed by atoms with Crippen molar-refractivity contribution in [1.82, 2.24) is 5.32 Å². The molecule has 0 spiro atoms. The predicted octanol–water partition coefficient (Wildman–Crippen LogP) is 4.41. The van der Waals surface area contributed by atoms with Gasteiger partial charge in [-0.1, -0.05) is 54.1 Å². The summed E-state index contributed by atoms with van der Waals surface area (Å²) in [6.45, 7) is 2.14. The summed E-state index contributed by atoms with van der Waals surface area (Å²) < 4.78 is 28.2. The summed E-state index contributed by atoms with van der Waals surface area (Å²) >= 11 is 6.13. The fourth-order valence-corrected chi connectivity index (χ4v) is 5.68. The molecule has 3 aromatic rings. The third-order valence-electron chi connectivity index (χ3n) is 5.19. The monoisotopic (exact) mass is 440 g/mol. The highest BCUT2D eigenvalue weighted by atomic mass is 35.5. The quantitative estimate of drug-likeness (QED) is 0.639. The number of hydrogen-bond acceptors (Lipinski definition) is 3. The van der Waals surface area contributed by atoms with Gasteiger partial charge in [0.2, 0.25) is 0 Å². The van der Waals surface area contributed by atoms with E-state index >= 15 is 0 Å². The normalized spacial score (nSPS) is 15.7. The summed E-state index contributed by atoms with van der Waals surface area (Å²) in [5.74, 6) is -0.359. The fraction of sp³-hybridized carbons (Fsp3) is 0.174. The number of carbonyl (C=O) groups excluding carboxylic acids is 1. The Labute approximate surface area is 181 Å². The largest absolute Gasteiger partial charge is 0.348 e. The number of rotatable bonds is 5. The minimum atomic E-state index is -3.80. The third-order valence-corrected chi connectivity index (χ3v) is 7.49. The van der Waals surface area contributed by atoms with Crippen LogP contribution in [0.25, 0.3) is 0 Å². The molecule has 0 saturated carbocycles. The van der Waals surface area contributed by atoms with Gasteiger partial charge in [0.25, 0.3) is 15.9 Å². The second-order valence-corrected chi connectivity index (χ2v) is 9.51. The van der Waals surface area contributed by atoms with E-state index in [0.29, 0.717) is 17.1 Å². The van der Waals surface area contributed by atoms with Gasteiger partial charge in [0.05, 0.1) is 10.6 Å². The molecule has 0 bridgehead atoms. The zero-order chi connectivity index (χ0) is 21.3. The maximum absolute atomic E-state index is 13.4. The van der Waals surface area contributed by atoms with E-state index in [1.165, 1.54) is 16.4 Å². The van der Waals surface area contributed by atoms with Crippen LogP contribution in [-0.4, -0.2) is 20.4 Å². The van der Waals surface area contributed by atoms with Crippen LogP contribution in [0.3, 0.4) is 0 Å². The zero-order valence-electron chi connectivity index (χ0n) is 16.4. The number of para-hydroxylation sites is 1. The molecule has 0 saturated heterocycles. The van der Waals surface area contributed by atoms with Crippen LogP contribution in [0.2, 0.25) is 5.02 Å². The molecule has 3 aromatic carbocycles. The van der Waals surface area contributed by atoms with Crippen molar-refractivity contribution in [2.45, 2.75) is 30.8 Å². The molecule has 1 aliphatic rings. The molecule has 0 radical (unpaired) electrons. The fourth-order valence-electron chi connectivity index (χ4n) is 3.73. The molecule has 0 unspecified atom stereocenters. The van der Waals surface area contributed by atoms with Crippen molar-refractivity contribution < 1.29 is 13.2 Å². The first-order valence-electron chi connectivity index (χ1n) is 9.62. The van der Waals surface area contributed by atoms with Crippen LogP contribution in [0.1, 0.15) is 28.4 Å². The number of nitrogens with one attached hydrogen (secondary N) is 1. The minimum Gasteiger partial charge on any atom is -0.348 e. The Morgan fingerprint density at radius 1 is 1.07 bits per heavy atom. The van der Waals surface area contributed by atoms with Crippen LogP contribution >= 0.6 is 11.6 Å². The van der Waals surface area contributed by atoms with Crippen LogP contribution in [0.5, 0.6) is 0 Å². The number of halogens is 1. The SMILES string of the molecule is C[C@H]1Cc2ccccc2N1S(=O)(=O)c1cccc(C(=O)NCc2ccccc2Cl)c1. The second kappa shape index (κ2) is 8.13. The van der Waals surface area contributed by atoms with E-state index in [4.69, 9.17) is 11.6 Å². The standard InChI is InChI=1S/C23H21ClN2O3S/c1-16-13-17-7-3-5-12-22(17)26(16)30(28,29)20-10-6-9-18(14-20)23(27)25-15-19-8-2-4-11-21(19)24/h2-12,14,16H,13,15H2,1H3,(H,25,27)/t16-/m0/s1. The molecule has 4 rings (SSSR count). The summed E-state index contributed by atoms with van der Waals surface area (Å²) in [7, 11) is -3.80. The van der Waals surface area contributed by atoms with Crippen molar-refractivity contribution in [3.05, 3.63) is 94.5 Å². The number of carbonyl (C=O) groups is 1. The number of amides is 1. The highest BCUT2D eigenvalue weighted by Crippen LogP contribution is 2.36. The average Bonchev–Trinajstić information content (AvgIpc) is 3.09. The number of benzene rings is 3. The van der Waals surface area contributed by atoms with Crippen LogP contribution in [0.4, 0.5) is 5.69 Å². The number of sulfonamides is 1. The van der Waals surface area contributed by atoms with E-state index in [9.17, 15) is 13.2 Å². The van der Waals surface area contributed by atoms with Gasteiger partial charge >= 0.3 is 0 Å². The van der Waals surface area contributed by atoms with Gasteiger partial charge in [0.1, 0.15) is 0 Å². The molecule has 0 aliphatic carbocycles. The molecule has 1 aliphatic heterocycles. The average molecular weight is 441 g/mol. The van der Waals surface area contributed by atoms with E-state index in [-0.39, 0.29) is 29.0 Å². The Bertz CT molecular complexity index is 1210. The van der Waals surface area contributed by atoms with Crippen molar-refractivity contribution in [3.63, 3.8) is 0 Å². The minimum absolute atomic E-state index is 0.0939. The summed E-state index contributed by atoms with van der Waals surface area (Å²) in [6, 6.07) is 20.7. The lowest BCUT2D eigenvalue weighted by molar-refractivity contribution is 0.0950. The van der Waals surface area contributed by atoms with E-state index < -0.39 is 10.0 Å². The highest BCUT2D eigenvalue weighted by Gasteiger charge is 2.36. The Balaban J connectivity index is 1.58. The van der Waals surface area contributed by atoms with Crippen molar-refractivity contribution in [2.24, 2.45) is 0 Å². The first kappa shape index (κ1) is 20.4. The topological polar surface area (TPSA) is 66.5 Å². The van der Waals surface area contributed by atoms with E-state index in [1.54, 1.807) is 18.2 Å². The summed E-state index contributed by atoms with van der Waals surface area (Å²) in [6.07, 6.45) is 0.660. The van der Waals surface area contributed by atoms with Crippen LogP contribution < -0.4 is 9.62 Å². The van der Waals surface area contributed by atoms with Gasteiger partial charge in [-0.05, 0) is 54.8 Å². The molecule has 7 heteroatoms. The first-order chi connectivity index (χ1) is 14.4. The Hall–Kier alpha value is -2.83. The lowest BCUT2D eigenvalue weighted by atomic mass is 10.1. The van der Waals surface area contributed by atoms with E-state index in [0.717, 1.165) is 11.1 Å². The molecule has 154 valence electrons. The number of anilines is 1. The van der Waals surface area contributed by atoms with Crippen LogP contribution in [-0.2, 0) is 23.0 Å². The predicted molar refractivity (Wildman–Crippen MR) is 118 cm³/mol. The zero-order valence-corrected chi connectivity index (χ0v) is 18.0. The van der Waals surface area contributed by atoms with Gasteiger partial charge in [-0.25, -0.2) is 8.42 Å². The lowest BCUT2D eigenvalue weighted by Crippen LogP contribution is -2.35. The summed E-state index contributed by atoms with van der Waals surface area (Å²) in [5, 5.41) is 3.36. The molecule has 1 heterocycles. The molecular formula is C23H21ClN2O3S. The van der Waals surface area contributed by atoms with Crippen molar-refractivity contribution in [1.29, 1.82) is 0 Å². The highest BCUT2D eigenvalue weighted by molar-refractivity contribution is 7.92. The maximum Gasteiger partial charge on any atom is 0.264 e. The molecule has 0 fully saturated rings. The van der Waals surface area contributed by atoms with Gasteiger partial charge in [-0.2, -0.15) is 0 Å². The Morgan fingerprint density at radius 2 is 1.80 bits per heavy atom. The molecule has 1 N–H and O–H groups in total. The first-order valence-corrected chi connectivity index (χ1v) is 11.4. The van der Waals surface area contributed by atoms with Gasteiger partial charge in [-0.15, -0.1) is 0 Å². The van der Waals surface area contributed by atoms with Crippen molar-refractivity contribution in [2.75, 3.05) is 4.31 Å². The van der Waals surface area contributed by atoms with Gasteiger partial charge in [0, 0.05) is 23.2 Å². The number of hydrogen-bond donors (Lipinski definition) is 1. The Morgan fingerprint density at radius 3 is 2.60 bits per heavy atom. The van der Waals surface area contributed by atoms with Crippen LogP contribution in [0, 0.1) is 0 Å².